The number of likely N-dealkylation sites (N-methyl/N-ethyl adjacent to an activating group) is 1. The SMILES string of the molecule is Cc1cccc(Nc2cc(-c3cncc(-c4nccs4)c3)nc(C3CCCN(C)C3)n2)c1. The highest BCUT2D eigenvalue weighted by Crippen LogP contribution is 2.30. The third-order valence-corrected chi connectivity index (χ3v) is 6.56. The summed E-state index contributed by atoms with van der Waals surface area (Å²) in [6.45, 7) is 4.20. The summed E-state index contributed by atoms with van der Waals surface area (Å²) in [4.78, 5) is 21.2. The number of aryl methyl sites for hydroxylation is 1. The van der Waals surface area contributed by atoms with Gasteiger partial charge in [-0.2, -0.15) is 0 Å². The average molecular weight is 443 g/mol. The van der Waals surface area contributed by atoms with Crippen LogP contribution in [0.4, 0.5) is 11.5 Å². The van der Waals surface area contributed by atoms with Gasteiger partial charge in [-0.05, 0) is 57.1 Å². The highest BCUT2D eigenvalue weighted by Gasteiger charge is 2.23. The van der Waals surface area contributed by atoms with Crippen LogP contribution in [0.1, 0.15) is 30.1 Å². The van der Waals surface area contributed by atoms with Crippen molar-refractivity contribution in [2.24, 2.45) is 0 Å². The van der Waals surface area contributed by atoms with Crippen LogP contribution in [0.3, 0.4) is 0 Å². The van der Waals surface area contributed by atoms with Crippen molar-refractivity contribution in [1.82, 2.24) is 24.8 Å². The van der Waals surface area contributed by atoms with Gasteiger partial charge in [0.2, 0.25) is 0 Å². The second-order valence-electron chi connectivity index (χ2n) is 8.39. The van der Waals surface area contributed by atoms with Crippen LogP contribution in [-0.2, 0) is 0 Å². The minimum absolute atomic E-state index is 0.321. The highest BCUT2D eigenvalue weighted by atomic mass is 32.1. The van der Waals surface area contributed by atoms with Crippen molar-refractivity contribution >= 4 is 22.8 Å². The number of benzene rings is 1. The van der Waals surface area contributed by atoms with E-state index in [0.29, 0.717) is 5.92 Å². The number of aromatic nitrogens is 4. The molecule has 1 saturated heterocycles. The van der Waals surface area contributed by atoms with E-state index in [4.69, 9.17) is 9.97 Å². The molecule has 7 heteroatoms. The molecule has 1 atom stereocenters. The standard InChI is InChI=1S/C25H26N6S/c1-17-5-3-7-21(11-17)28-23-13-22(29-24(30-23)18-6-4-9-31(2)16-18)19-12-20(15-26-14-19)25-27-8-10-32-25/h3,5,7-8,10-15,18H,4,6,9,16H2,1-2H3,(H,28,29,30). The van der Waals surface area contributed by atoms with Gasteiger partial charge in [0, 0.05) is 59.3 Å². The maximum atomic E-state index is 5.01. The predicted molar refractivity (Wildman–Crippen MR) is 130 cm³/mol. The summed E-state index contributed by atoms with van der Waals surface area (Å²) in [7, 11) is 2.17. The summed E-state index contributed by atoms with van der Waals surface area (Å²) in [6.07, 6.45) is 7.81. The molecule has 162 valence electrons. The highest BCUT2D eigenvalue weighted by molar-refractivity contribution is 7.13. The Morgan fingerprint density at radius 1 is 1.09 bits per heavy atom. The number of hydrogen-bond acceptors (Lipinski definition) is 7. The van der Waals surface area contributed by atoms with E-state index in [1.807, 2.05) is 30.0 Å². The number of nitrogens with zero attached hydrogens (tertiary/aromatic N) is 5. The summed E-state index contributed by atoms with van der Waals surface area (Å²) in [5.41, 5.74) is 5.08. The number of anilines is 2. The van der Waals surface area contributed by atoms with Gasteiger partial charge in [-0.3, -0.25) is 4.98 Å². The fourth-order valence-electron chi connectivity index (χ4n) is 4.17. The molecule has 0 radical (unpaired) electrons. The smallest absolute Gasteiger partial charge is 0.135 e. The van der Waals surface area contributed by atoms with Gasteiger partial charge in [0.15, 0.2) is 0 Å². The van der Waals surface area contributed by atoms with E-state index in [2.05, 4.69) is 64.5 Å². The zero-order valence-electron chi connectivity index (χ0n) is 18.3. The summed E-state index contributed by atoms with van der Waals surface area (Å²) in [6, 6.07) is 12.5. The maximum absolute atomic E-state index is 5.01. The molecule has 1 N–H and O–H groups in total. The monoisotopic (exact) mass is 442 g/mol. The van der Waals surface area contributed by atoms with Gasteiger partial charge in [-0.15, -0.1) is 11.3 Å². The van der Waals surface area contributed by atoms with Crippen LogP contribution in [0.25, 0.3) is 21.8 Å². The number of rotatable bonds is 5. The van der Waals surface area contributed by atoms with Crippen LogP contribution >= 0.6 is 11.3 Å². The minimum Gasteiger partial charge on any atom is -0.340 e. The molecule has 5 rings (SSSR count). The topological polar surface area (TPSA) is 66.8 Å². The number of thiazole rings is 1. The van der Waals surface area contributed by atoms with Crippen LogP contribution in [0, 0.1) is 6.92 Å². The molecule has 1 fully saturated rings. The molecule has 0 aliphatic carbocycles. The van der Waals surface area contributed by atoms with Crippen molar-refractivity contribution in [3.05, 3.63) is 71.8 Å². The molecule has 0 spiro atoms. The van der Waals surface area contributed by atoms with Crippen molar-refractivity contribution in [2.45, 2.75) is 25.7 Å². The first-order chi connectivity index (χ1) is 15.6. The number of likely N-dealkylation sites (tertiary alicyclic amines) is 1. The summed E-state index contributed by atoms with van der Waals surface area (Å²) in [5, 5.41) is 6.43. The summed E-state index contributed by atoms with van der Waals surface area (Å²) in [5.74, 6) is 2.02. The van der Waals surface area contributed by atoms with Gasteiger partial charge in [-0.25, -0.2) is 15.0 Å². The van der Waals surface area contributed by atoms with Gasteiger partial charge in [0.1, 0.15) is 16.6 Å². The Labute approximate surface area is 192 Å². The van der Waals surface area contributed by atoms with E-state index < -0.39 is 0 Å². The molecule has 32 heavy (non-hydrogen) atoms. The first-order valence-corrected chi connectivity index (χ1v) is 11.8. The van der Waals surface area contributed by atoms with Crippen molar-refractivity contribution in [3.63, 3.8) is 0 Å². The second-order valence-corrected chi connectivity index (χ2v) is 9.29. The molecule has 1 unspecified atom stereocenters. The van der Waals surface area contributed by atoms with Gasteiger partial charge in [0.05, 0.1) is 5.69 Å². The molecular formula is C25H26N6S. The Hall–Kier alpha value is -3.16. The molecule has 1 aromatic carbocycles. The first kappa shape index (κ1) is 20.7. The third-order valence-electron chi connectivity index (χ3n) is 5.74. The second kappa shape index (κ2) is 9.14. The molecule has 0 bridgehead atoms. The van der Waals surface area contributed by atoms with Gasteiger partial charge >= 0.3 is 0 Å². The summed E-state index contributed by atoms with van der Waals surface area (Å²) < 4.78 is 0. The van der Waals surface area contributed by atoms with E-state index in [-0.39, 0.29) is 0 Å². The quantitative estimate of drug-likeness (QED) is 0.439. The van der Waals surface area contributed by atoms with Gasteiger partial charge in [0.25, 0.3) is 0 Å². The van der Waals surface area contributed by atoms with Gasteiger partial charge in [-0.1, -0.05) is 12.1 Å². The van der Waals surface area contributed by atoms with Crippen molar-refractivity contribution in [3.8, 4) is 21.8 Å². The van der Waals surface area contributed by atoms with E-state index in [1.165, 1.54) is 5.56 Å². The van der Waals surface area contributed by atoms with Gasteiger partial charge < -0.3 is 10.2 Å². The molecule has 1 aliphatic heterocycles. The normalized spacial score (nSPS) is 16.8. The van der Waals surface area contributed by atoms with Crippen LogP contribution in [0.5, 0.6) is 0 Å². The lowest BCUT2D eigenvalue weighted by molar-refractivity contribution is 0.246. The lowest BCUT2D eigenvalue weighted by atomic mass is 9.97. The number of pyridine rings is 1. The predicted octanol–water partition coefficient (Wildman–Crippen LogP) is 5.52. The largest absolute Gasteiger partial charge is 0.340 e. The fraction of sp³-hybridized carbons (Fsp3) is 0.280. The molecular weight excluding hydrogens is 416 g/mol. The Bertz CT molecular complexity index is 1210. The third kappa shape index (κ3) is 4.69. The van der Waals surface area contributed by atoms with Crippen LogP contribution < -0.4 is 5.32 Å². The lowest BCUT2D eigenvalue weighted by Gasteiger charge is -2.29. The molecule has 4 heterocycles. The van der Waals surface area contributed by atoms with E-state index >= 15 is 0 Å². The van der Waals surface area contributed by atoms with Crippen molar-refractivity contribution < 1.29 is 0 Å². The Balaban J connectivity index is 1.55. The Morgan fingerprint density at radius 3 is 2.81 bits per heavy atom. The molecule has 0 saturated carbocycles. The van der Waals surface area contributed by atoms with Crippen LogP contribution in [0.15, 0.2) is 60.4 Å². The van der Waals surface area contributed by atoms with Crippen molar-refractivity contribution in [1.29, 1.82) is 0 Å². The summed E-state index contributed by atoms with van der Waals surface area (Å²) >= 11 is 1.61. The van der Waals surface area contributed by atoms with Crippen LogP contribution in [0.2, 0.25) is 0 Å². The Kier molecular flexibility index (Phi) is 5.92. The number of hydrogen-bond donors (Lipinski definition) is 1. The molecule has 4 aromatic rings. The van der Waals surface area contributed by atoms with E-state index in [0.717, 1.165) is 65.1 Å². The zero-order chi connectivity index (χ0) is 21.9. The van der Waals surface area contributed by atoms with Crippen LogP contribution in [-0.4, -0.2) is 45.0 Å². The molecule has 6 nitrogen and oxygen atoms in total. The molecule has 0 amide bonds. The van der Waals surface area contributed by atoms with E-state index in [9.17, 15) is 0 Å². The number of nitrogens with one attached hydrogen (secondary N) is 1. The van der Waals surface area contributed by atoms with E-state index in [1.54, 1.807) is 11.3 Å². The minimum atomic E-state index is 0.321. The average Bonchev–Trinajstić information content (AvgIpc) is 3.34. The number of piperidine rings is 1. The maximum Gasteiger partial charge on any atom is 0.135 e. The lowest BCUT2D eigenvalue weighted by Crippen LogP contribution is -2.31. The molecule has 3 aromatic heterocycles. The first-order valence-electron chi connectivity index (χ1n) is 10.9. The zero-order valence-corrected chi connectivity index (χ0v) is 19.1. The van der Waals surface area contributed by atoms with Crippen molar-refractivity contribution in [2.75, 3.05) is 25.5 Å². The fourth-order valence-corrected chi connectivity index (χ4v) is 4.79. The Morgan fingerprint density at radius 2 is 2.00 bits per heavy atom. The molecule has 1 aliphatic rings.